The first-order valence-electron chi connectivity index (χ1n) is 7.92. The Morgan fingerprint density at radius 1 is 1.19 bits per heavy atom. The number of hydrogen-bond donors (Lipinski definition) is 0. The second kappa shape index (κ2) is 6.06. The summed E-state index contributed by atoms with van der Waals surface area (Å²) in [4.78, 5) is 19.1. The van der Waals surface area contributed by atoms with E-state index in [0.29, 0.717) is 0 Å². The van der Waals surface area contributed by atoms with Crippen LogP contribution in [0.5, 0.6) is 0 Å². The van der Waals surface area contributed by atoms with Gasteiger partial charge in [0.05, 0.1) is 0 Å². The molecule has 1 aliphatic carbocycles. The third-order valence-corrected chi connectivity index (χ3v) is 4.48. The van der Waals surface area contributed by atoms with Crippen LogP contribution in [0.15, 0.2) is 24.3 Å². The lowest BCUT2D eigenvalue weighted by Gasteiger charge is -2.35. The molecule has 1 heterocycles. The zero-order valence-electron chi connectivity index (χ0n) is 13.1. The predicted octanol–water partition coefficient (Wildman–Crippen LogP) is 1.92. The maximum absolute atomic E-state index is 12.6. The van der Waals surface area contributed by atoms with Crippen molar-refractivity contribution in [2.45, 2.75) is 12.8 Å². The smallest absolute Gasteiger partial charge is 0.254 e. The summed E-state index contributed by atoms with van der Waals surface area (Å²) in [5, 5.41) is 0. The minimum atomic E-state index is 0.171. The molecule has 1 aromatic rings. The van der Waals surface area contributed by atoms with Gasteiger partial charge < -0.3 is 9.80 Å². The van der Waals surface area contributed by atoms with E-state index in [4.69, 9.17) is 0 Å². The molecular weight excluding hydrogens is 262 g/mol. The van der Waals surface area contributed by atoms with Crippen LogP contribution in [0.4, 0.5) is 5.69 Å². The van der Waals surface area contributed by atoms with Gasteiger partial charge in [-0.15, -0.1) is 0 Å². The lowest BCUT2D eigenvalue weighted by molar-refractivity contribution is 0.0632. The van der Waals surface area contributed by atoms with Crippen molar-refractivity contribution in [3.05, 3.63) is 29.8 Å². The molecule has 114 valence electrons. The third kappa shape index (κ3) is 3.56. The molecule has 0 radical (unpaired) electrons. The summed E-state index contributed by atoms with van der Waals surface area (Å²) in [6, 6.07) is 7.90. The summed E-state index contributed by atoms with van der Waals surface area (Å²) in [7, 11) is 4.00. The highest BCUT2D eigenvalue weighted by Gasteiger charge is 2.27. The molecule has 0 N–H and O–H groups in total. The largest absolute Gasteiger partial charge is 0.378 e. The van der Waals surface area contributed by atoms with Crippen LogP contribution in [-0.2, 0) is 0 Å². The van der Waals surface area contributed by atoms with Crippen molar-refractivity contribution in [2.75, 3.05) is 51.7 Å². The molecule has 2 fully saturated rings. The Bertz CT molecular complexity index is 503. The van der Waals surface area contributed by atoms with Gasteiger partial charge in [-0.2, -0.15) is 0 Å². The van der Waals surface area contributed by atoms with Gasteiger partial charge in [0.15, 0.2) is 0 Å². The van der Waals surface area contributed by atoms with Crippen LogP contribution in [0.1, 0.15) is 23.2 Å². The second-order valence-electron chi connectivity index (χ2n) is 6.48. The van der Waals surface area contributed by atoms with E-state index in [1.807, 2.05) is 48.2 Å². The summed E-state index contributed by atoms with van der Waals surface area (Å²) < 4.78 is 0. The van der Waals surface area contributed by atoms with Gasteiger partial charge in [-0.25, -0.2) is 0 Å². The number of carbonyl (C=O) groups is 1. The molecule has 2 aliphatic rings. The average molecular weight is 287 g/mol. The SMILES string of the molecule is CN(C)c1cccc(C(=O)N2CCN(CC3CC3)CC2)c1. The van der Waals surface area contributed by atoms with Gasteiger partial charge in [0.1, 0.15) is 0 Å². The summed E-state index contributed by atoms with van der Waals surface area (Å²) in [6.45, 7) is 5.00. The van der Waals surface area contributed by atoms with Gasteiger partial charge in [0.2, 0.25) is 0 Å². The molecule has 1 saturated carbocycles. The predicted molar refractivity (Wildman–Crippen MR) is 85.8 cm³/mol. The van der Waals surface area contributed by atoms with E-state index in [9.17, 15) is 4.79 Å². The van der Waals surface area contributed by atoms with E-state index in [1.54, 1.807) is 0 Å². The highest BCUT2D eigenvalue weighted by Crippen LogP contribution is 2.30. The van der Waals surface area contributed by atoms with Gasteiger partial charge in [-0.3, -0.25) is 9.69 Å². The van der Waals surface area contributed by atoms with Crippen molar-refractivity contribution >= 4 is 11.6 Å². The topological polar surface area (TPSA) is 26.8 Å². The fourth-order valence-electron chi connectivity index (χ4n) is 2.90. The first kappa shape index (κ1) is 14.4. The molecule has 4 heteroatoms. The number of hydrogen-bond acceptors (Lipinski definition) is 3. The van der Waals surface area contributed by atoms with Crippen LogP contribution in [0, 0.1) is 5.92 Å². The summed E-state index contributed by atoms with van der Waals surface area (Å²) in [5.74, 6) is 1.11. The van der Waals surface area contributed by atoms with Crippen LogP contribution in [0.2, 0.25) is 0 Å². The van der Waals surface area contributed by atoms with E-state index in [2.05, 4.69) is 4.90 Å². The number of benzene rings is 1. The zero-order valence-corrected chi connectivity index (χ0v) is 13.1. The number of rotatable bonds is 4. The molecule has 3 rings (SSSR count). The molecule has 0 atom stereocenters. The Kier molecular flexibility index (Phi) is 4.15. The Morgan fingerprint density at radius 3 is 2.52 bits per heavy atom. The van der Waals surface area contributed by atoms with E-state index < -0.39 is 0 Å². The fraction of sp³-hybridized carbons (Fsp3) is 0.588. The maximum Gasteiger partial charge on any atom is 0.254 e. The van der Waals surface area contributed by atoms with E-state index in [-0.39, 0.29) is 5.91 Å². The molecule has 21 heavy (non-hydrogen) atoms. The van der Waals surface area contributed by atoms with Crippen molar-refractivity contribution in [2.24, 2.45) is 5.92 Å². The Morgan fingerprint density at radius 2 is 1.90 bits per heavy atom. The third-order valence-electron chi connectivity index (χ3n) is 4.48. The summed E-state index contributed by atoms with van der Waals surface area (Å²) in [5.41, 5.74) is 1.88. The van der Waals surface area contributed by atoms with Crippen molar-refractivity contribution in [3.8, 4) is 0 Å². The Balaban J connectivity index is 1.59. The van der Waals surface area contributed by atoms with Crippen LogP contribution >= 0.6 is 0 Å². The highest BCUT2D eigenvalue weighted by molar-refractivity contribution is 5.95. The number of anilines is 1. The van der Waals surface area contributed by atoms with Crippen molar-refractivity contribution in [1.29, 1.82) is 0 Å². The van der Waals surface area contributed by atoms with Gasteiger partial charge in [0.25, 0.3) is 5.91 Å². The summed E-state index contributed by atoms with van der Waals surface area (Å²) >= 11 is 0. The lowest BCUT2D eigenvalue weighted by Crippen LogP contribution is -2.49. The van der Waals surface area contributed by atoms with Crippen LogP contribution in [-0.4, -0.2) is 62.5 Å². The van der Waals surface area contributed by atoms with Crippen molar-refractivity contribution in [3.63, 3.8) is 0 Å². The summed E-state index contributed by atoms with van der Waals surface area (Å²) in [6.07, 6.45) is 2.80. The van der Waals surface area contributed by atoms with E-state index >= 15 is 0 Å². The normalized spacial score (nSPS) is 19.6. The maximum atomic E-state index is 12.6. The molecule has 1 aromatic carbocycles. The molecular formula is C17H25N3O. The van der Waals surface area contributed by atoms with Crippen LogP contribution in [0.3, 0.4) is 0 Å². The Hall–Kier alpha value is -1.55. The molecule has 0 aromatic heterocycles. The van der Waals surface area contributed by atoms with Gasteiger partial charge >= 0.3 is 0 Å². The minimum Gasteiger partial charge on any atom is -0.378 e. The molecule has 0 spiro atoms. The molecule has 0 unspecified atom stereocenters. The lowest BCUT2D eigenvalue weighted by atomic mass is 10.1. The minimum absolute atomic E-state index is 0.171. The zero-order chi connectivity index (χ0) is 14.8. The molecule has 4 nitrogen and oxygen atoms in total. The van der Waals surface area contributed by atoms with Gasteiger partial charge in [-0.1, -0.05) is 6.07 Å². The highest BCUT2D eigenvalue weighted by atomic mass is 16.2. The average Bonchev–Trinajstić information content (AvgIpc) is 3.31. The number of amides is 1. The van der Waals surface area contributed by atoms with Crippen molar-refractivity contribution in [1.82, 2.24) is 9.80 Å². The number of nitrogens with zero attached hydrogens (tertiary/aromatic N) is 3. The van der Waals surface area contributed by atoms with E-state index in [1.165, 1.54) is 19.4 Å². The molecule has 1 amide bonds. The molecule has 1 aliphatic heterocycles. The fourth-order valence-corrected chi connectivity index (χ4v) is 2.90. The van der Waals surface area contributed by atoms with Gasteiger partial charge in [0, 0.05) is 58.1 Å². The second-order valence-corrected chi connectivity index (χ2v) is 6.48. The number of carbonyl (C=O) groups excluding carboxylic acids is 1. The standard InChI is InChI=1S/C17H25N3O/c1-18(2)16-5-3-4-15(12-16)17(21)20-10-8-19(9-11-20)13-14-6-7-14/h3-5,12,14H,6-11,13H2,1-2H3. The molecule has 0 bridgehead atoms. The van der Waals surface area contributed by atoms with Crippen LogP contribution in [0.25, 0.3) is 0 Å². The van der Waals surface area contributed by atoms with Crippen molar-refractivity contribution < 1.29 is 4.79 Å². The first-order valence-corrected chi connectivity index (χ1v) is 7.92. The van der Waals surface area contributed by atoms with Gasteiger partial charge in [-0.05, 0) is 37.0 Å². The number of piperazine rings is 1. The molecule has 1 saturated heterocycles. The Labute approximate surface area is 127 Å². The van der Waals surface area contributed by atoms with Crippen LogP contribution < -0.4 is 4.90 Å². The van der Waals surface area contributed by atoms with E-state index in [0.717, 1.165) is 43.3 Å². The first-order chi connectivity index (χ1) is 10.1. The quantitative estimate of drug-likeness (QED) is 0.846. The monoisotopic (exact) mass is 287 g/mol.